The van der Waals surface area contributed by atoms with Gasteiger partial charge in [-0.15, -0.1) is 0 Å². The van der Waals surface area contributed by atoms with Crippen LogP contribution >= 0.6 is 0 Å². The molecule has 0 bridgehead atoms. The van der Waals surface area contributed by atoms with Crippen molar-refractivity contribution in [3.8, 4) is 0 Å². The Morgan fingerprint density at radius 1 is 1.29 bits per heavy atom. The van der Waals surface area contributed by atoms with Gasteiger partial charge >= 0.3 is 0 Å². The van der Waals surface area contributed by atoms with Gasteiger partial charge < -0.3 is 0 Å². The van der Waals surface area contributed by atoms with Gasteiger partial charge in [-0.1, -0.05) is 37.3 Å². The van der Waals surface area contributed by atoms with E-state index >= 15 is 0 Å². The molecule has 3 nitrogen and oxygen atoms in total. The average molecular weight is 190 g/mol. The first-order valence-corrected chi connectivity index (χ1v) is 4.86. The van der Waals surface area contributed by atoms with Crippen molar-refractivity contribution in [2.75, 3.05) is 0 Å². The van der Waals surface area contributed by atoms with Gasteiger partial charge in [0.15, 0.2) is 0 Å². The SMILES string of the molecule is CC1CC(=O)NNC1c1ccccc1. The van der Waals surface area contributed by atoms with Crippen molar-refractivity contribution in [3.63, 3.8) is 0 Å². The lowest BCUT2D eigenvalue weighted by Gasteiger charge is -2.30. The zero-order valence-electron chi connectivity index (χ0n) is 8.16. The Morgan fingerprint density at radius 2 is 2.00 bits per heavy atom. The van der Waals surface area contributed by atoms with Crippen LogP contribution in [0.25, 0.3) is 0 Å². The monoisotopic (exact) mass is 190 g/mol. The number of hydrazine groups is 1. The summed E-state index contributed by atoms with van der Waals surface area (Å²) in [5.74, 6) is 0.413. The molecule has 2 N–H and O–H groups in total. The molecule has 2 unspecified atom stereocenters. The summed E-state index contributed by atoms with van der Waals surface area (Å²) in [5, 5.41) is 0. The van der Waals surface area contributed by atoms with Crippen LogP contribution in [0.5, 0.6) is 0 Å². The van der Waals surface area contributed by atoms with Crippen LogP contribution in [-0.4, -0.2) is 5.91 Å². The summed E-state index contributed by atoms with van der Waals surface area (Å²) in [7, 11) is 0. The summed E-state index contributed by atoms with van der Waals surface area (Å²) >= 11 is 0. The van der Waals surface area contributed by atoms with Gasteiger partial charge in [0.2, 0.25) is 5.91 Å². The van der Waals surface area contributed by atoms with E-state index in [9.17, 15) is 4.79 Å². The molecule has 2 rings (SSSR count). The summed E-state index contributed by atoms with van der Waals surface area (Å²) in [5.41, 5.74) is 6.93. The fourth-order valence-corrected chi connectivity index (χ4v) is 1.83. The van der Waals surface area contributed by atoms with E-state index in [1.54, 1.807) is 0 Å². The molecule has 74 valence electrons. The zero-order chi connectivity index (χ0) is 9.97. The Bertz CT molecular complexity index is 323. The summed E-state index contributed by atoms with van der Waals surface area (Å²) in [4.78, 5) is 11.1. The Morgan fingerprint density at radius 3 is 2.64 bits per heavy atom. The predicted molar refractivity (Wildman–Crippen MR) is 54.2 cm³/mol. The number of hydrogen-bond donors (Lipinski definition) is 2. The molecule has 1 aromatic rings. The molecule has 1 aliphatic heterocycles. The third-order valence-electron chi connectivity index (χ3n) is 2.60. The molecular formula is C11H14N2O. The fraction of sp³-hybridized carbons (Fsp3) is 0.364. The van der Waals surface area contributed by atoms with E-state index in [1.165, 1.54) is 5.56 Å². The predicted octanol–water partition coefficient (Wildman–Crippen LogP) is 1.39. The highest BCUT2D eigenvalue weighted by atomic mass is 16.2. The van der Waals surface area contributed by atoms with Gasteiger partial charge in [-0.25, -0.2) is 5.43 Å². The number of hydrogen-bond acceptors (Lipinski definition) is 2. The minimum Gasteiger partial charge on any atom is -0.291 e. The average Bonchev–Trinajstić information content (AvgIpc) is 2.19. The number of carbonyl (C=O) groups excluding carboxylic acids is 1. The highest BCUT2D eigenvalue weighted by molar-refractivity contribution is 5.76. The lowest BCUT2D eigenvalue weighted by atomic mass is 9.91. The van der Waals surface area contributed by atoms with Crippen molar-refractivity contribution in [2.24, 2.45) is 5.92 Å². The van der Waals surface area contributed by atoms with Gasteiger partial charge in [0.1, 0.15) is 0 Å². The highest BCUT2D eigenvalue weighted by Crippen LogP contribution is 2.25. The molecule has 0 saturated carbocycles. The third-order valence-corrected chi connectivity index (χ3v) is 2.60. The van der Waals surface area contributed by atoms with E-state index in [4.69, 9.17) is 0 Å². The Hall–Kier alpha value is -1.35. The van der Waals surface area contributed by atoms with Gasteiger partial charge in [0.05, 0.1) is 6.04 Å². The second-order valence-electron chi connectivity index (χ2n) is 3.76. The lowest BCUT2D eigenvalue weighted by Crippen LogP contribution is -2.48. The van der Waals surface area contributed by atoms with E-state index in [2.05, 4.69) is 29.9 Å². The highest BCUT2D eigenvalue weighted by Gasteiger charge is 2.26. The quantitative estimate of drug-likeness (QED) is 0.702. The van der Waals surface area contributed by atoms with Crippen LogP contribution in [0.4, 0.5) is 0 Å². The maximum absolute atomic E-state index is 11.1. The Labute approximate surface area is 83.5 Å². The molecule has 1 heterocycles. The molecule has 1 amide bonds. The van der Waals surface area contributed by atoms with Crippen molar-refractivity contribution in [1.29, 1.82) is 0 Å². The number of benzene rings is 1. The Balaban J connectivity index is 2.16. The van der Waals surface area contributed by atoms with Gasteiger partial charge in [-0.05, 0) is 11.5 Å². The first-order chi connectivity index (χ1) is 6.77. The van der Waals surface area contributed by atoms with E-state index in [0.29, 0.717) is 12.3 Å². The lowest BCUT2D eigenvalue weighted by molar-refractivity contribution is -0.125. The van der Waals surface area contributed by atoms with Crippen LogP contribution in [-0.2, 0) is 4.79 Å². The van der Waals surface area contributed by atoms with Crippen LogP contribution in [0.15, 0.2) is 30.3 Å². The molecule has 3 heteroatoms. The van der Waals surface area contributed by atoms with Gasteiger partial charge in [0, 0.05) is 6.42 Å². The first-order valence-electron chi connectivity index (χ1n) is 4.86. The topological polar surface area (TPSA) is 41.1 Å². The van der Waals surface area contributed by atoms with E-state index < -0.39 is 0 Å². The molecule has 0 spiro atoms. The molecule has 0 aromatic heterocycles. The summed E-state index contributed by atoms with van der Waals surface area (Å²) in [6, 6.07) is 10.4. The summed E-state index contributed by atoms with van der Waals surface area (Å²) in [6.07, 6.45) is 0.590. The second kappa shape index (κ2) is 3.80. The van der Waals surface area contributed by atoms with Gasteiger partial charge in [-0.3, -0.25) is 10.2 Å². The summed E-state index contributed by atoms with van der Waals surface area (Å²) < 4.78 is 0. The molecule has 1 fully saturated rings. The van der Waals surface area contributed by atoms with Crippen molar-refractivity contribution in [2.45, 2.75) is 19.4 Å². The molecule has 2 atom stereocenters. The van der Waals surface area contributed by atoms with Gasteiger partial charge in [0.25, 0.3) is 0 Å². The number of rotatable bonds is 1. The molecule has 14 heavy (non-hydrogen) atoms. The minimum atomic E-state index is 0.0738. The van der Waals surface area contributed by atoms with Crippen LogP contribution < -0.4 is 10.9 Å². The van der Waals surface area contributed by atoms with E-state index in [0.717, 1.165) is 0 Å². The summed E-state index contributed by atoms with van der Waals surface area (Å²) in [6.45, 7) is 2.09. The first kappa shape index (κ1) is 9.21. The van der Waals surface area contributed by atoms with Crippen LogP contribution in [0, 0.1) is 5.92 Å². The maximum atomic E-state index is 11.1. The minimum absolute atomic E-state index is 0.0738. The smallest absolute Gasteiger partial charge is 0.234 e. The van der Waals surface area contributed by atoms with E-state index in [1.807, 2.05) is 18.2 Å². The van der Waals surface area contributed by atoms with Crippen molar-refractivity contribution in [1.82, 2.24) is 10.9 Å². The molecule has 1 saturated heterocycles. The molecule has 1 aromatic carbocycles. The van der Waals surface area contributed by atoms with E-state index in [-0.39, 0.29) is 11.9 Å². The molecule has 1 aliphatic rings. The van der Waals surface area contributed by atoms with Crippen molar-refractivity contribution in [3.05, 3.63) is 35.9 Å². The second-order valence-corrected chi connectivity index (χ2v) is 3.76. The molecular weight excluding hydrogens is 176 g/mol. The van der Waals surface area contributed by atoms with Gasteiger partial charge in [-0.2, -0.15) is 0 Å². The van der Waals surface area contributed by atoms with Crippen LogP contribution in [0.2, 0.25) is 0 Å². The molecule has 0 radical (unpaired) electrons. The third kappa shape index (κ3) is 1.77. The van der Waals surface area contributed by atoms with Crippen molar-refractivity contribution >= 4 is 5.91 Å². The maximum Gasteiger partial charge on any atom is 0.234 e. The van der Waals surface area contributed by atoms with Crippen LogP contribution in [0.1, 0.15) is 24.9 Å². The number of carbonyl (C=O) groups is 1. The Kier molecular flexibility index (Phi) is 2.50. The van der Waals surface area contributed by atoms with Crippen LogP contribution in [0.3, 0.4) is 0 Å². The fourth-order valence-electron chi connectivity index (χ4n) is 1.83. The zero-order valence-corrected chi connectivity index (χ0v) is 8.16. The standard InChI is InChI=1S/C11H14N2O/c1-8-7-10(14)12-13-11(8)9-5-3-2-4-6-9/h2-6,8,11,13H,7H2,1H3,(H,12,14). The largest absolute Gasteiger partial charge is 0.291 e. The van der Waals surface area contributed by atoms with Crippen molar-refractivity contribution < 1.29 is 4.79 Å². The molecule has 0 aliphatic carbocycles. The normalized spacial score (nSPS) is 27.1. The number of nitrogens with one attached hydrogen (secondary N) is 2. The number of amides is 1.